The summed E-state index contributed by atoms with van der Waals surface area (Å²) >= 11 is 5.81. The van der Waals surface area contributed by atoms with E-state index in [4.69, 9.17) is 16.3 Å². The monoisotopic (exact) mass is 256 g/mol. The van der Waals surface area contributed by atoms with Crippen LogP contribution in [0.1, 0.15) is 0 Å². The van der Waals surface area contributed by atoms with Crippen molar-refractivity contribution in [2.24, 2.45) is 0 Å². The molecule has 0 aliphatic rings. The maximum absolute atomic E-state index is 5.81. The molecule has 0 amide bonds. The molecule has 2 heterocycles. The van der Waals surface area contributed by atoms with Crippen molar-refractivity contribution in [1.29, 1.82) is 0 Å². The van der Waals surface area contributed by atoms with Crippen molar-refractivity contribution in [3.8, 4) is 11.5 Å². The van der Waals surface area contributed by atoms with Crippen LogP contribution >= 0.6 is 11.6 Å². The molecular weight excluding hydrogens is 248 g/mol. The van der Waals surface area contributed by atoms with Gasteiger partial charge in [0.05, 0.1) is 5.52 Å². The van der Waals surface area contributed by atoms with Crippen molar-refractivity contribution < 1.29 is 4.74 Å². The second-order valence-corrected chi connectivity index (χ2v) is 4.16. The summed E-state index contributed by atoms with van der Waals surface area (Å²) in [6.45, 7) is 0. The van der Waals surface area contributed by atoms with Crippen LogP contribution in [0.5, 0.6) is 11.5 Å². The van der Waals surface area contributed by atoms with Crippen LogP contribution in [0.15, 0.2) is 54.9 Å². The van der Waals surface area contributed by atoms with Crippen LogP contribution in [-0.2, 0) is 0 Å². The van der Waals surface area contributed by atoms with Gasteiger partial charge in [0.2, 0.25) is 0 Å². The Bertz CT molecular complexity index is 700. The van der Waals surface area contributed by atoms with Gasteiger partial charge in [0.15, 0.2) is 0 Å². The van der Waals surface area contributed by atoms with Gasteiger partial charge in [-0.25, -0.2) is 4.98 Å². The summed E-state index contributed by atoms with van der Waals surface area (Å²) in [5.74, 6) is 1.41. The number of aromatic nitrogens is 2. The van der Waals surface area contributed by atoms with Crippen LogP contribution in [-0.4, -0.2) is 9.97 Å². The molecule has 3 rings (SSSR count). The van der Waals surface area contributed by atoms with Gasteiger partial charge in [0.1, 0.15) is 16.7 Å². The summed E-state index contributed by atoms with van der Waals surface area (Å²) in [6, 6.07) is 13.1. The lowest BCUT2D eigenvalue weighted by molar-refractivity contribution is 0.482. The SMILES string of the molecule is Clc1cc(Oc2ccc3ncccc3c2)ccn1. The number of ether oxygens (including phenoxy) is 1. The molecule has 0 aliphatic carbocycles. The van der Waals surface area contributed by atoms with E-state index in [-0.39, 0.29) is 0 Å². The van der Waals surface area contributed by atoms with E-state index in [1.165, 1.54) is 0 Å². The largest absolute Gasteiger partial charge is 0.457 e. The van der Waals surface area contributed by atoms with Crippen LogP contribution in [0.2, 0.25) is 5.15 Å². The lowest BCUT2D eigenvalue weighted by atomic mass is 10.2. The van der Waals surface area contributed by atoms with Crippen molar-refractivity contribution in [2.75, 3.05) is 0 Å². The Morgan fingerprint density at radius 3 is 2.67 bits per heavy atom. The van der Waals surface area contributed by atoms with Crippen LogP contribution in [0.4, 0.5) is 0 Å². The molecule has 3 aromatic rings. The van der Waals surface area contributed by atoms with Crippen molar-refractivity contribution in [3.05, 3.63) is 60.0 Å². The smallest absolute Gasteiger partial charge is 0.132 e. The first-order valence-electron chi connectivity index (χ1n) is 5.45. The fraction of sp³-hybridized carbons (Fsp3) is 0. The summed E-state index contributed by atoms with van der Waals surface area (Å²) in [5.41, 5.74) is 0.942. The van der Waals surface area contributed by atoms with Crippen molar-refractivity contribution >= 4 is 22.5 Å². The van der Waals surface area contributed by atoms with E-state index in [0.29, 0.717) is 10.9 Å². The molecule has 88 valence electrons. The van der Waals surface area contributed by atoms with Gasteiger partial charge in [-0.05, 0) is 30.3 Å². The lowest BCUT2D eigenvalue weighted by Crippen LogP contribution is -1.86. The van der Waals surface area contributed by atoms with Crippen LogP contribution in [0, 0.1) is 0 Å². The molecule has 0 saturated carbocycles. The zero-order valence-corrected chi connectivity index (χ0v) is 10.1. The van der Waals surface area contributed by atoms with Gasteiger partial charge in [0.25, 0.3) is 0 Å². The molecule has 0 radical (unpaired) electrons. The molecule has 0 fully saturated rings. The molecule has 3 nitrogen and oxygen atoms in total. The van der Waals surface area contributed by atoms with Crippen molar-refractivity contribution in [2.45, 2.75) is 0 Å². The Balaban J connectivity index is 1.95. The predicted octanol–water partition coefficient (Wildman–Crippen LogP) is 4.08. The van der Waals surface area contributed by atoms with Crippen LogP contribution in [0.25, 0.3) is 10.9 Å². The molecular formula is C14H9ClN2O. The minimum absolute atomic E-state index is 0.412. The van der Waals surface area contributed by atoms with Crippen LogP contribution in [0.3, 0.4) is 0 Å². The highest BCUT2D eigenvalue weighted by Crippen LogP contribution is 2.25. The summed E-state index contributed by atoms with van der Waals surface area (Å²) < 4.78 is 5.72. The highest BCUT2D eigenvalue weighted by atomic mass is 35.5. The highest BCUT2D eigenvalue weighted by molar-refractivity contribution is 6.29. The first-order chi connectivity index (χ1) is 8.81. The second-order valence-electron chi connectivity index (χ2n) is 3.77. The lowest BCUT2D eigenvalue weighted by Gasteiger charge is -2.06. The first-order valence-corrected chi connectivity index (χ1v) is 5.83. The van der Waals surface area contributed by atoms with Gasteiger partial charge >= 0.3 is 0 Å². The number of rotatable bonds is 2. The zero-order chi connectivity index (χ0) is 12.4. The Hall–Kier alpha value is -2.13. The van der Waals surface area contributed by atoms with E-state index in [9.17, 15) is 0 Å². The molecule has 0 saturated heterocycles. The number of halogens is 1. The molecule has 18 heavy (non-hydrogen) atoms. The molecule has 0 unspecified atom stereocenters. The second kappa shape index (κ2) is 4.63. The standard InChI is InChI=1S/C14H9ClN2O/c15-14-9-12(5-7-17-14)18-11-3-4-13-10(8-11)2-1-6-16-13/h1-9H. The molecule has 2 aromatic heterocycles. The number of benzene rings is 1. The van der Waals surface area contributed by atoms with Gasteiger partial charge in [-0.15, -0.1) is 0 Å². The van der Waals surface area contributed by atoms with E-state index in [1.807, 2.05) is 30.3 Å². The maximum Gasteiger partial charge on any atom is 0.132 e. The van der Waals surface area contributed by atoms with Gasteiger partial charge in [-0.1, -0.05) is 17.7 Å². The molecule has 0 aliphatic heterocycles. The zero-order valence-electron chi connectivity index (χ0n) is 9.38. The number of fused-ring (bicyclic) bond motifs is 1. The summed E-state index contributed by atoms with van der Waals surface area (Å²) in [7, 11) is 0. The maximum atomic E-state index is 5.81. The number of hydrogen-bond acceptors (Lipinski definition) is 3. The van der Waals surface area contributed by atoms with E-state index in [0.717, 1.165) is 16.7 Å². The number of nitrogens with zero attached hydrogens (tertiary/aromatic N) is 2. The average Bonchev–Trinajstić information content (AvgIpc) is 2.39. The van der Waals surface area contributed by atoms with Gasteiger partial charge in [0, 0.05) is 23.8 Å². The normalized spacial score (nSPS) is 10.5. The van der Waals surface area contributed by atoms with Crippen molar-refractivity contribution in [3.63, 3.8) is 0 Å². The topological polar surface area (TPSA) is 35.0 Å². The Kier molecular flexibility index (Phi) is 2.82. The fourth-order valence-electron chi connectivity index (χ4n) is 1.70. The molecule has 1 aromatic carbocycles. The highest BCUT2D eigenvalue weighted by Gasteiger charge is 2.00. The Morgan fingerprint density at radius 2 is 1.78 bits per heavy atom. The molecule has 0 N–H and O–H groups in total. The van der Waals surface area contributed by atoms with E-state index in [1.54, 1.807) is 24.5 Å². The average molecular weight is 257 g/mol. The molecule has 4 heteroatoms. The van der Waals surface area contributed by atoms with E-state index >= 15 is 0 Å². The first kappa shape index (κ1) is 11.0. The third-order valence-corrected chi connectivity index (χ3v) is 2.71. The number of hydrogen-bond donors (Lipinski definition) is 0. The van der Waals surface area contributed by atoms with E-state index in [2.05, 4.69) is 9.97 Å². The minimum atomic E-state index is 0.412. The van der Waals surface area contributed by atoms with Gasteiger partial charge in [-0.3, -0.25) is 4.98 Å². The van der Waals surface area contributed by atoms with Crippen molar-refractivity contribution in [1.82, 2.24) is 9.97 Å². The molecule has 0 bridgehead atoms. The van der Waals surface area contributed by atoms with Gasteiger partial charge in [-0.2, -0.15) is 0 Å². The summed E-state index contributed by atoms with van der Waals surface area (Å²) in [6.07, 6.45) is 3.38. The minimum Gasteiger partial charge on any atom is -0.457 e. The molecule has 0 atom stereocenters. The number of pyridine rings is 2. The quantitative estimate of drug-likeness (QED) is 0.648. The molecule has 0 spiro atoms. The van der Waals surface area contributed by atoms with E-state index < -0.39 is 0 Å². The van der Waals surface area contributed by atoms with Gasteiger partial charge < -0.3 is 4.74 Å². The third kappa shape index (κ3) is 2.26. The summed E-state index contributed by atoms with van der Waals surface area (Å²) in [4.78, 5) is 8.16. The van der Waals surface area contributed by atoms with Crippen LogP contribution < -0.4 is 4.74 Å². The Morgan fingerprint density at radius 1 is 0.889 bits per heavy atom. The summed E-state index contributed by atoms with van der Waals surface area (Å²) in [5, 5.41) is 1.45. The third-order valence-electron chi connectivity index (χ3n) is 2.51. The predicted molar refractivity (Wildman–Crippen MR) is 71.1 cm³/mol. The fourth-order valence-corrected chi connectivity index (χ4v) is 1.87. The Labute approximate surface area is 109 Å².